The molecule has 0 spiro atoms. The van der Waals surface area contributed by atoms with E-state index in [4.69, 9.17) is 5.11 Å². The van der Waals surface area contributed by atoms with Crippen molar-refractivity contribution in [3.8, 4) is 0 Å². The second-order valence-electron chi connectivity index (χ2n) is 5.42. The Balaban J connectivity index is 2.68. The molecule has 1 aliphatic heterocycles. The van der Waals surface area contributed by atoms with Crippen molar-refractivity contribution in [2.45, 2.75) is 27.2 Å². The number of carboxylic acid groups (broad SMARTS) is 1. The first-order valence-electron chi connectivity index (χ1n) is 5.14. The number of rotatable bonds is 3. The fourth-order valence-corrected chi connectivity index (χ4v) is 2.19. The Morgan fingerprint density at radius 2 is 2.07 bits per heavy atom. The van der Waals surface area contributed by atoms with Crippen LogP contribution < -0.4 is 0 Å². The topological polar surface area (TPSA) is 70.0 Å². The molecule has 1 fully saturated rings. The third kappa shape index (κ3) is 3.18. The van der Waals surface area contributed by atoms with Crippen LogP contribution in [0.4, 0.5) is 0 Å². The van der Waals surface area contributed by atoms with E-state index >= 15 is 0 Å². The van der Waals surface area contributed by atoms with E-state index in [2.05, 4.69) is 26.1 Å². The van der Waals surface area contributed by atoms with Gasteiger partial charge in [0.25, 0.3) is 0 Å². The molecule has 0 aromatic carbocycles. The normalized spacial score (nSPS) is 26.7. The van der Waals surface area contributed by atoms with Crippen LogP contribution in [0.5, 0.6) is 0 Å². The highest BCUT2D eigenvalue weighted by molar-refractivity contribution is 5.71. The zero-order chi connectivity index (χ0) is 11.6. The summed E-state index contributed by atoms with van der Waals surface area (Å²) in [6.07, 6.45) is 0.802. The summed E-state index contributed by atoms with van der Waals surface area (Å²) in [6, 6.07) is 0. The summed E-state index contributed by atoms with van der Waals surface area (Å²) in [5.74, 6) is -1.25. The molecule has 86 valence electrons. The first-order chi connectivity index (χ1) is 6.83. The summed E-state index contributed by atoms with van der Waals surface area (Å²) in [5, 5.41) is 13.2. The Morgan fingerprint density at radius 3 is 2.47 bits per heavy atom. The lowest BCUT2D eigenvalue weighted by atomic mass is 9.80. The first-order valence-corrected chi connectivity index (χ1v) is 5.14. The smallest absolute Gasteiger partial charge is 0.308 e. The second-order valence-corrected chi connectivity index (χ2v) is 5.42. The van der Waals surface area contributed by atoms with Gasteiger partial charge in [-0.1, -0.05) is 20.8 Å². The molecule has 1 heterocycles. The summed E-state index contributed by atoms with van der Waals surface area (Å²) in [4.78, 5) is 21.4. The molecule has 15 heavy (non-hydrogen) atoms. The van der Waals surface area contributed by atoms with Crippen LogP contribution in [-0.4, -0.2) is 29.2 Å². The van der Waals surface area contributed by atoms with Crippen molar-refractivity contribution in [3.05, 3.63) is 4.91 Å². The number of aliphatic carboxylic acids is 1. The van der Waals surface area contributed by atoms with Gasteiger partial charge in [-0.05, 0) is 17.8 Å². The minimum Gasteiger partial charge on any atom is -0.481 e. The van der Waals surface area contributed by atoms with Crippen molar-refractivity contribution in [1.29, 1.82) is 0 Å². The molecule has 5 nitrogen and oxygen atoms in total. The molecule has 1 N–H and O–H groups in total. The Hall–Kier alpha value is -1.13. The number of hydrogen-bond acceptors (Lipinski definition) is 3. The van der Waals surface area contributed by atoms with Crippen molar-refractivity contribution in [2.24, 2.45) is 22.5 Å². The van der Waals surface area contributed by atoms with E-state index in [9.17, 15) is 9.70 Å². The van der Waals surface area contributed by atoms with Gasteiger partial charge in [-0.3, -0.25) is 9.80 Å². The minimum atomic E-state index is -0.824. The Morgan fingerprint density at radius 1 is 1.47 bits per heavy atom. The molecule has 1 rings (SSSR count). The van der Waals surface area contributed by atoms with Crippen molar-refractivity contribution in [1.82, 2.24) is 5.01 Å². The van der Waals surface area contributed by atoms with Gasteiger partial charge in [-0.25, -0.2) is 0 Å². The summed E-state index contributed by atoms with van der Waals surface area (Å²) in [5.41, 5.74) is 0.0806. The van der Waals surface area contributed by atoms with E-state index in [1.807, 2.05) is 0 Å². The highest BCUT2D eigenvalue weighted by Crippen LogP contribution is 2.34. The van der Waals surface area contributed by atoms with E-state index in [1.54, 1.807) is 0 Å². The molecule has 2 unspecified atom stereocenters. The molecule has 0 bridgehead atoms. The molecule has 1 saturated heterocycles. The standard InChI is InChI=1S/C10H18N2O3/c1-10(2,3)4-7-5-12(11-15)6-8(7)9(13)14/h7-8H,4-6H2,1-3H3,(H,13,14). The molecule has 1 aliphatic rings. The van der Waals surface area contributed by atoms with Crippen LogP contribution in [0.2, 0.25) is 0 Å². The van der Waals surface area contributed by atoms with Gasteiger partial charge in [0.05, 0.1) is 17.7 Å². The van der Waals surface area contributed by atoms with Gasteiger partial charge in [0, 0.05) is 6.54 Å². The van der Waals surface area contributed by atoms with Crippen molar-refractivity contribution in [2.75, 3.05) is 13.1 Å². The lowest BCUT2D eigenvalue weighted by molar-refractivity contribution is -0.142. The zero-order valence-corrected chi connectivity index (χ0v) is 9.43. The molecular formula is C10H18N2O3. The number of carboxylic acids is 1. The van der Waals surface area contributed by atoms with Crippen LogP contribution >= 0.6 is 0 Å². The van der Waals surface area contributed by atoms with E-state index in [0.717, 1.165) is 6.42 Å². The molecule has 0 aromatic rings. The van der Waals surface area contributed by atoms with Gasteiger partial charge in [-0.2, -0.15) is 0 Å². The predicted molar refractivity (Wildman–Crippen MR) is 56.1 cm³/mol. The van der Waals surface area contributed by atoms with Crippen LogP contribution in [0, 0.1) is 22.2 Å². The highest BCUT2D eigenvalue weighted by atomic mass is 16.4. The fourth-order valence-electron chi connectivity index (χ4n) is 2.19. The summed E-state index contributed by atoms with van der Waals surface area (Å²) in [7, 11) is 0. The second kappa shape index (κ2) is 4.16. The molecular weight excluding hydrogens is 196 g/mol. The van der Waals surface area contributed by atoms with E-state index in [0.29, 0.717) is 6.54 Å². The molecule has 0 amide bonds. The number of nitroso groups, excluding NO2 is 1. The maximum atomic E-state index is 11.0. The summed E-state index contributed by atoms with van der Waals surface area (Å²) in [6.45, 7) is 6.94. The highest BCUT2D eigenvalue weighted by Gasteiger charge is 2.39. The van der Waals surface area contributed by atoms with Crippen LogP contribution in [-0.2, 0) is 4.79 Å². The number of nitrogens with zero attached hydrogens (tertiary/aromatic N) is 2. The molecule has 0 saturated carbocycles. The Labute approximate surface area is 89.4 Å². The largest absolute Gasteiger partial charge is 0.481 e. The zero-order valence-electron chi connectivity index (χ0n) is 9.43. The first kappa shape index (κ1) is 11.9. The van der Waals surface area contributed by atoms with Gasteiger partial charge >= 0.3 is 5.97 Å². The molecule has 0 radical (unpaired) electrons. The number of hydrogen-bond donors (Lipinski definition) is 1. The van der Waals surface area contributed by atoms with Crippen LogP contribution in [0.1, 0.15) is 27.2 Å². The van der Waals surface area contributed by atoms with Gasteiger partial charge in [0.15, 0.2) is 0 Å². The van der Waals surface area contributed by atoms with Gasteiger partial charge < -0.3 is 5.11 Å². The third-order valence-corrected chi connectivity index (χ3v) is 2.73. The van der Waals surface area contributed by atoms with E-state index in [-0.39, 0.29) is 17.9 Å². The van der Waals surface area contributed by atoms with Crippen molar-refractivity contribution < 1.29 is 9.90 Å². The summed E-state index contributed by atoms with van der Waals surface area (Å²) < 4.78 is 0. The van der Waals surface area contributed by atoms with Crippen molar-refractivity contribution in [3.63, 3.8) is 0 Å². The Bertz CT molecular complexity index is 260. The monoisotopic (exact) mass is 214 g/mol. The SMILES string of the molecule is CC(C)(C)CC1CN(N=O)CC1C(=O)O. The van der Waals surface area contributed by atoms with Gasteiger partial charge in [-0.15, -0.1) is 4.91 Å². The minimum absolute atomic E-state index is 0.0280. The maximum Gasteiger partial charge on any atom is 0.308 e. The quantitative estimate of drug-likeness (QED) is 0.726. The molecule has 2 atom stereocenters. The summed E-state index contributed by atoms with van der Waals surface area (Å²) >= 11 is 0. The van der Waals surface area contributed by atoms with Crippen LogP contribution in [0.25, 0.3) is 0 Å². The van der Waals surface area contributed by atoms with Crippen molar-refractivity contribution >= 4 is 5.97 Å². The van der Waals surface area contributed by atoms with Gasteiger partial charge in [0.1, 0.15) is 0 Å². The molecule has 0 aliphatic carbocycles. The maximum absolute atomic E-state index is 11.0. The predicted octanol–water partition coefficient (Wildman–Crippen LogP) is 1.74. The van der Waals surface area contributed by atoms with Crippen LogP contribution in [0.3, 0.4) is 0 Å². The molecule has 5 heteroatoms. The van der Waals surface area contributed by atoms with Crippen LogP contribution in [0.15, 0.2) is 5.29 Å². The van der Waals surface area contributed by atoms with E-state index in [1.165, 1.54) is 5.01 Å². The third-order valence-electron chi connectivity index (χ3n) is 2.73. The molecule has 0 aromatic heterocycles. The fraction of sp³-hybridized carbons (Fsp3) is 0.900. The Kier molecular flexibility index (Phi) is 3.31. The lowest BCUT2D eigenvalue weighted by Crippen LogP contribution is -2.25. The lowest BCUT2D eigenvalue weighted by Gasteiger charge is -2.24. The van der Waals surface area contributed by atoms with Gasteiger partial charge in [0.2, 0.25) is 0 Å². The number of carbonyl (C=O) groups is 1. The average molecular weight is 214 g/mol. The van der Waals surface area contributed by atoms with E-state index < -0.39 is 11.9 Å². The average Bonchev–Trinajstić information content (AvgIpc) is 2.44.